The summed E-state index contributed by atoms with van der Waals surface area (Å²) in [5, 5.41) is 11.5. The first-order valence-corrected chi connectivity index (χ1v) is 9.40. The van der Waals surface area contributed by atoms with Crippen molar-refractivity contribution in [2.24, 2.45) is 5.73 Å². The van der Waals surface area contributed by atoms with Crippen LogP contribution in [-0.2, 0) is 21.4 Å². The van der Waals surface area contributed by atoms with Crippen molar-refractivity contribution in [3.05, 3.63) is 65.2 Å². The molecule has 0 aromatic heterocycles. The summed E-state index contributed by atoms with van der Waals surface area (Å²) < 4.78 is 27.0. The van der Waals surface area contributed by atoms with E-state index in [0.717, 1.165) is 5.56 Å². The number of carbonyl (C=O) groups excluding carboxylic acids is 2. The summed E-state index contributed by atoms with van der Waals surface area (Å²) in [5.74, 6) is -1.19. The number of rotatable bonds is 7. The monoisotopic (exact) mass is 386 g/mol. The van der Waals surface area contributed by atoms with Crippen molar-refractivity contribution in [2.45, 2.75) is 24.4 Å². The predicted molar refractivity (Wildman–Crippen MR) is 97.7 cm³/mol. The van der Waals surface area contributed by atoms with Gasteiger partial charge < -0.3 is 11.1 Å². The summed E-state index contributed by atoms with van der Waals surface area (Å²) in [7, 11) is -3.95. The van der Waals surface area contributed by atoms with Gasteiger partial charge in [-0.2, -0.15) is 9.98 Å². The van der Waals surface area contributed by atoms with Crippen LogP contribution in [0.25, 0.3) is 0 Å². The number of sulfonamides is 1. The lowest BCUT2D eigenvalue weighted by molar-refractivity contribution is -0.122. The minimum Gasteiger partial charge on any atom is -0.366 e. The molecule has 140 valence electrons. The van der Waals surface area contributed by atoms with Gasteiger partial charge in [0.1, 0.15) is 0 Å². The van der Waals surface area contributed by atoms with Crippen molar-refractivity contribution in [2.75, 3.05) is 0 Å². The van der Waals surface area contributed by atoms with Gasteiger partial charge in [0.05, 0.1) is 22.6 Å². The average molecular weight is 386 g/mol. The number of nitrogens with two attached hydrogens (primary N) is 1. The molecule has 0 heterocycles. The van der Waals surface area contributed by atoms with Crippen LogP contribution in [-0.4, -0.2) is 26.3 Å². The lowest BCUT2D eigenvalue weighted by Gasteiger charge is -2.15. The van der Waals surface area contributed by atoms with Gasteiger partial charge in [-0.3, -0.25) is 9.59 Å². The first-order chi connectivity index (χ1) is 12.7. The van der Waals surface area contributed by atoms with Crippen LogP contribution in [0.15, 0.2) is 53.4 Å². The fourth-order valence-electron chi connectivity index (χ4n) is 2.25. The molecule has 0 unspecified atom stereocenters. The zero-order chi connectivity index (χ0) is 20.0. The summed E-state index contributed by atoms with van der Waals surface area (Å²) in [5.41, 5.74) is 6.49. The van der Waals surface area contributed by atoms with Crippen molar-refractivity contribution in [1.29, 1.82) is 5.26 Å². The largest absolute Gasteiger partial charge is 0.366 e. The van der Waals surface area contributed by atoms with E-state index in [2.05, 4.69) is 10.0 Å². The molecule has 0 bridgehead atoms. The third kappa shape index (κ3) is 5.37. The summed E-state index contributed by atoms with van der Waals surface area (Å²) >= 11 is 0. The Morgan fingerprint density at radius 1 is 1.19 bits per heavy atom. The van der Waals surface area contributed by atoms with E-state index < -0.39 is 27.9 Å². The molecule has 1 atom stereocenters. The zero-order valence-electron chi connectivity index (χ0n) is 14.5. The van der Waals surface area contributed by atoms with Crippen LogP contribution in [0, 0.1) is 11.3 Å². The van der Waals surface area contributed by atoms with Crippen molar-refractivity contribution in [1.82, 2.24) is 10.0 Å². The highest BCUT2D eigenvalue weighted by Gasteiger charge is 2.22. The quantitative estimate of drug-likeness (QED) is 0.640. The Bertz CT molecular complexity index is 995. The van der Waals surface area contributed by atoms with Crippen molar-refractivity contribution >= 4 is 21.8 Å². The Hall–Kier alpha value is -3.22. The van der Waals surface area contributed by atoms with E-state index in [9.17, 15) is 18.0 Å². The van der Waals surface area contributed by atoms with Gasteiger partial charge in [-0.15, -0.1) is 0 Å². The number of primary amides is 1. The van der Waals surface area contributed by atoms with Gasteiger partial charge in [-0.1, -0.05) is 12.1 Å². The van der Waals surface area contributed by atoms with Crippen LogP contribution in [0.3, 0.4) is 0 Å². The molecule has 4 N–H and O–H groups in total. The normalized spacial score (nSPS) is 12.0. The summed E-state index contributed by atoms with van der Waals surface area (Å²) in [6, 6.07) is 12.8. The van der Waals surface area contributed by atoms with E-state index in [4.69, 9.17) is 11.0 Å². The molecule has 2 amide bonds. The molecular weight excluding hydrogens is 368 g/mol. The Balaban J connectivity index is 1.99. The molecule has 0 aliphatic rings. The average Bonchev–Trinajstić information content (AvgIpc) is 2.65. The fraction of sp³-hybridized carbons (Fsp3) is 0.167. The van der Waals surface area contributed by atoms with Crippen LogP contribution >= 0.6 is 0 Å². The summed E-state index contributed by atoms with van der Waals surface area (Å²) in [4.78, 5) is 23.1. The molecule has 0 saturated carbocycles. The Morgan fingerprint density at radius 3 is 2.44 bits per heavy atom. The highest BCUT2D eigenvalue weighted by molar-refractivity contribution is 7.89. The lowest BCUT2D eigenvalue weighted by Crippen LogP contribution is -2.44. The number of hydrogen-bond acceptors (Lipinski definition) is 5. The highest BCUT2D eigenvalue weighted by Crippen LogP contribution is 2.11. The zero-order valence-corrected chi connectivity index (χ0v) is 15.3. The minimum absolute atomic E-state index is 0.0890. The smallest absolute Gasteiger partial charge is 0.248 e. The number of nitrogens with one attached hydrogen (secondary N) is 2. The van der Waals surface area contributed by atoms with Crippen molar-refractivity contribution in [3.8, 4) is 6.07 Å². The van der Waals surface area contributed by atoms with E-state index in [-0.39, 0.29) is 17.0 Å². The van der Waals surface area contributed by atoms with E-state index in [1.807, 2.05) is 6.07 Å². The van der Waals surface area contributed by atoms with Crippen LogP contribution in [0.4, 0.5) is 0 Å². The molecule has 0 spiro atoms. The molecule has 27 heavy (non-hydrogen) atoms. The van der Waals surface area contributed by atoms with Crippen LogP contribution in [0.2, 0.25) is 0 Å². The molecule has 0 aliphatic carbocycles. The number of benzene rings is 2. The van der Waals surface area contributed by atoms with Crippen LogP contribution in [0.5, 0.6) is 0 Å². The molecule has 0 radical (unpaired) electrons. The SMILES string of the molecule is C[C@@H](NS(=O)(=O)c1ccc(C(N)=O)cc1)C(=O)NCc1cccc(C#N)c1. The van der Waals surface area contributed by atoms with Crippen LogP contribution < -0.4 is 15.8 Å². The number of nitriles is 1. The molecule has 0 aliphatic heterocycles. The highest BCUT2D eigenvalue weighted by atomic mass is 32.2. The first kappa shape index (κ1) is 20.1. The number of amides is 2. The van der Waals surface area contributed by atoms with E-state index in [1.54, 1.807) is 24.3 Å². The van der Waals surface area contributed by atoms with Gasteiger partial charge in [0, 0.05) is 12.1 Å². The Labute approximate surface area is 157 Å². The Morgan fingerprint density at radius 2 is 1.85 bits per heavy atom. The van der Waals surface area contributed by atoms with Crippen molar-refractivity contribution < 1.29 is 18.0 Å². The van der Waals surface area contributed by atoms with Gasteiger partial charge in [-0.25, -0.2) is 8.42 Å². The summed E-state index contributed by atoms with van der Waals surface area (Å²) in [6.07, 6.45) is 0. The number of hydrogen-bond donors (Lipinski definition) is 3. The predicted octanol–water partition coefficient (Wildman–Crippen LogP) is 0.640. The molecular formula is C18H18N4O4S. The van der Waals surface area contributed by atoms with E-state index in [0.29, 0.717) is 5.56 Å². The van der Waals surface area contributed by atoms with Gasteiger partial charge in [0.15, 0.2) is 0 Å². The topological polar surface area (TPSA) is 142 Å². The maximum atomic E-state index is 12.3. The molecule has 0 saturated heterocycles. The third-order valence-electron chi connectivity index (χ3n) is 3.70. The van der Waals surface area contributed by atoms with Gasteiger partial charge in [-0.05, 0) is 48.9 Å². The lowest BCUT2D eigenvalue weighted by atomic mass is 10.1. The molecule has 8 nitrogen and oxygen atoms in total. The van der Waals surface area contributed by atoms with Gasteiger partial charge in [0.2, 0.25) is 21.8 Å². The molecule has 0 fully saturated rings. The maximum absolute atomic E-state index is 12.3. The fourth-order valence-corrected chi connectivity index (χ4v) is 3.45. The molecule has 9 heteroatoms. The molecule has 2 rings (SSSR count). The summed E-state index contributed by atoms with van der Waals surface area (Å²) in [6.45, 7) is 1.57. The second-order valence-electron chi connectivity index (χ2n) is 5.76. The maximum Gasteiger partial charge on any atom is 0.248 e. The first-order valence-electron chi connectivity index (χ1n) is 7.92. The second kappa shape index (κ2) is 8.44. The van der Waals surface area contributed by atoms with Crippen molar-refractivity contribution in [3.63, 3.8) is 0 Å². The molecule has 2 aromatic carbocycles. The Kier molecular flexibility index (Phi) is 6.28. The van der Waals surface area contributed by atoms with E-state index in [1.165, 1.54) is 31.2 Å². The number of carbonyl (C=O) groups is 2. The second-order valence-corrected chi connectivity index (χ2v) is 7.48. The van der Waals surface area contributed by atoms with Gasteiger partial charge in [0.25, 0.3) is 0 Å². The standard InChI is InChI=1S/C18H18N4O4S/c1-12(18(24)21-11-14-4-2-3-13(9-14)10-19)22-27(25,26)16-7-5-15(6-8-16)17(20)23/h2-9,12,22H,11H2,1H3,(H2,20,23)(H,21,24)/t12-/m1/s1. The van der Waals surface area contributed by atoms with E-state index >= 15 is 0 Å². The van der Waals surface area contributed by atoms with Gasteiger partial charge >= 0.3 is 0 Å². The van der Waals surface area contributed by atoms with Crippen LogP contribution in [0.1, 0.15) is 28.4 Å². The molecule has 2 aromatic rings. The minimum atomic E-state index is -3.95. The number of nitrogens with zero attached hydrogens (tertiary/aromatic N) is 1. The third-order valence-corrected chi connectivity index (χ3v) is 5.25.